The summed E-state index contributed by atoms with van der Waals surface area (Å²) in [4.78, 5) is 10.1. The first-order valence-corrected chi connectivity index (χ1v) is 3.54. The molecule has 0 spiro atoms. The monoisotopic (exact) mass is 127 g/mol. The van der Waals surface area contributed by atoms with Crippen molar-refractivity contribution >= 4 is 6.41 Å². The second-order valence-electron chi connectivity index (χ2n) is 2.75. The molecule has 0 aromatic heterocycles. The van der Waals surface area contributed by atoms with Crippen molar-refractivity contribution in [1.82, 2.24) is 5.32 Å². The highest BCUT2D eigenvalue weighted by Crippen LogP contribution is 2.33. The minimum absolute atomic E-state index is 0.196. The second kappa shape index (κ2) is 2.38. The van der Waals surface area contributed by atoms with Crippen molar-refractivity contribution in [2.75, 3.05) is 0 Å². The zero-order valence-electron chi connectivity index (χ0n) is 5.81. The molecule has 1 saturated carbocycles. The molecule has 0 saturated heterocycles. The van der Waals surface area contributed by atoms with Crippen molar-refractivity contribution in [2.24, 2.45) is 0 Å². The molecule has 0 radical (unpaired) electrons. The topological polar surface area (TPSA) is 29.1 Å². The van der Waals surface area contributed by atoms with E-state index in [1.807, 2.05) is 0 Å². The van der Waals surface area contributed by atoms with E-state index in [0.717, 1.165) is 12.8 Å². The van der Waals surface area contributed by atoms with Gasteiger partial charge < -0.3 is 5.32 Å². The number of hydrogen-bond donors (Lipinski definition) is 1. The van der Waals surface area contributed by atoms with Crippen LogP contribution >= 0.6 is 0 Å². The van der Waals surface area contributed by atoms with E-state index in [0.29, 0.717) is 0 Å². The van der Waals surface area contributed by atoms with E-state index in [2.05, 4.69) is 12.2 Å². The van der Waals surface area contributed by atoms with Crippen LogP contribution in [0.25, 0.3) is 0 Å². The molecule has 0 atom stereocenters. The quantitative estimate of drug-likeness (QED) is 0.564. The Morgan fingerprint density at radius 2 is 2.33 bits per heavy atom. The lowest BCUT2D eigenvalue weighted by molar-refractivity contribution is -0.112. The van der Waals surface area contributed by atoms with Crippen LogP contribution in [0.3, 0.4) is 0 Å². The maximum atomic E-state index is 10.1. The molecular formula is C7H13NO. The standard InChI is InChI=1S/C7H13NO/c1-2-7(8-6-9)4-3-5-7/h6H,2-5H2,1H3,(H,8,9). The highest BCUT2D eigenvalue weighted by molar-refractivity contribution is 5.48. The smallest absolute Gasteiger partial charge is 0.207 e. The van der Waals surface area contributed by atoms with Gasteiger partial charge in [0.15, 0.2) is 0 Å². The van der Waals surface area contributed by atoms with Crippen LogP contribution in [0.1, 0.15) is 32.6 Å². The van der Waals surface area contributed by atoms with Gasteiger partial charge in [0, 0.05) is 5.54 Å². The van der Waals surface area contributed by atoms with Crippen molar-refractivity contribution in [3.05, 3.63) is 0 Å². The van der Waals surface area contributed by atoms with Gasteiger partial charge in [-0.3, -0.25) is 4.79 Å². The summed E-state index contributed by atoms with van der Waals surface area (Å²) in [5.74, 6) is 0. The van der Waals surface area contributed by atoms with Gasteiger partial charge in [0.05, 0.1) is 0 Å². The fourth-order valence-corrected chi connectivity index (χ4v) is 1.33. The summed E-state index contributed by atoms with van der Waals surface area (Å²) < 4.78 is 0. The highest BCUT2D eigenvalue weighted by atomic mass is 16.1. The first kappa shape index (κ1) is 6.59. The Balaban J connectivity index is 2.36. The lowest BCUT2D eigenvalue weighted by atomic mass is 9.75. The number of nitrogens with one attached hydrogen (secondary N) is 1. The third-order valence-corrected chi connectivity index (χ3v) is 2.35. The van der Waals surface area contributed by atoms with Crippen LogP contribution in [0.15, 0.2) is 0 Å². The zero-order chi connectivity index (χ0) is 6.74. The average Bonchev–Trinajstić information content (AvgIpc) is 1.79. The lowest BCUT2D eigenvalue weighted by Crippen LogP contribution is -2.49. The summed E-state index contributed by atoms with van der Waals surface area (Å²) in [5.41, 5.74) is 0.196. The largest absolute Gasteiger partial charge is 0.353 e. The molecule has 1 N–H and O–H groups in total. The van der Waals surface area contributed by atoms with Crippen molar-refractivity contribution in [3.63, 3.8) is 0 Å². The molecule has 1 fully saturated rings. The summed E-state index contributed by atoms with van der Waals surface area (Å²) in [6.07, 6.45) is 5.51. The number of hydrogen-bond acceptors (Lipinski definition) is 1. The molecule has 1 rings (SSSR count). The second-order valence-corrected chi connectivity index (χ2v) is 2.75. The van der Waals surface area contributed by atoms with E-state index in [1.54, 1.807) is 0 Å². The van der Waals surface area contributed by atoms with Gasteiger partial charge in [-0.05, 0) is 25.7 Å². The summed E-state index contributed by atoms with van der Waals surface area (Å²) in [5, 5.41) is 2.86. The molecule has 2 nitrogen and oxygen atoms in total. The molecule has 0 aromatic carbocycles. The lowest BCUT2D eigenvalue weighted by Gasteiger charge is -2.40. The van der Waals surface area contributed by atoms with Gasteiger partial charge in [-0.2, -0.15) is 0 Å². The van der Waals surface area contributed by atoms with Crippen molar-refractivity contribution in [1.29, 1.82) is 0 Å². The number of amides is 1. The van der Waals surface area contributed by atoms with E-state index < -0.39 is 0 Å². The third kappa shape index (κ3) is 1.07. The molecule has 0 aromatic rings. The normalized spacial score (nSPS) is 22.3. The fourth-order valence-electron chi connectivity index (χ4n) is 1.33. The van der Waals surface area contributed by atoms with Gasteiger partial charge in [-0.1, -0.05) is 6.92 Å². The minimum atomic E-state index is 0.196. The maximum absolute atomic E-state index is 10.1. The number of carbonyl (C=O) groups excluding carboxylic acids is 1. The van der Waals surface area contributed by atoms with Crippen LogP contribution in [0.5, 0.6) is 0 Å². The van der Waals surface area contributed by atoms with E-state index in [9.17, 15) is 4.79 Å². The highest BCUT2D eigenvalue weighted by Gasteiger charge is 2.33. The first-order chi connectivity index (χ1) is 4.33. The first-order valence-electron chi connectivity index (χ1n) is 3.54. The molecule has 9 heavy (non-hydrogen) atoms. The zero-order valence-corrected chi connectivity index (χ0v) is 5.81. The maximum Gasteiger partial charge on any atom is 0.207 e. The van der Waals surface area contributed by atoms with Gasteiger partial charge in [0.1, 0.15) is 0 Å². The predicted molar refractivity (Wildman–Crippen MR) is 36.1 cm³/mol. The number of rotatable bonds is 3. The Kier molecular flexibility index (Phi) is 1.74. The fraction of sp³-hybridized carbons (Fsp3) is 0.857. The van der Waals surface area contributed by atoms with Crippen molar-refractivity contribution in [2.45, 2.75) is 38.1 Å². The summed E-state index contributed by atoms with van der Waals surface area (Å²) in [6.45, 7) is 2.12. The Labute approximate surface area is 55.6 Å². The molecule has 1 amide bonds. The third-order valence-electron chi connectivity index (χ3n) is 2.35. The van der Waals surface area contributed by atoms with E-state index in [4.69, 9.17) is 0 Å². The molecule has 0 bridgehead atoms. The van der Waals surface area contributed by atoms with Crippen LogP contribution in [-0.2, 0) is 4.79 Å². The summed E-state index contributed by atoms with van der Waals surface area (Å²) >= 11 is 0. The van der Waals surface area contributed by atoms with Crippen LogP contribution in [0, 0.1) is 0 Å². The molecule has 0 unspecified atom stereocenters. The Morgan fingerprint density at radius 3 is 2.44 bits per heavy atom. The molecule has 52 valence electrons. The molecule has 0 aliphatic heterocycles. The van der Waals surface area contributed by atoms with E-state index in [-0.39, 0.29) is 5.54 Å². The van der Waals surface area contributed by atoms with Crippen molar-refractivity contribution < 1.29 is 4.79 Å². The van der Waals surface area contributed by atoms with E-state index >= 15 is 0 Å². The molecule has 1 aliphatic carbocycles. The van der Waals surface area contributed by atoms with Crippen LogP contribution < -0.4 is 5.32 Å². The minimum Gasteiger partial charge on any atom is -0.353 e. The van der Waals surface area contributed by atoms with Gasteiger partial charge in [-0.15, -0.1) is 0 Å². The summed E-state index contributed by atoms with van der Waals surface area (Å²) in [7, 11) is 0. The molecule has 2 heteroatoms. The Bertz CT molecular complexity index is 102. The predicted octanol–water partition coefficient (Wildman–Crippen LogP) is 1.07. The van der Waals surface area contributed by atoms with E-state index in [1.165, 1.54) is 19.3 Å². The average molecular weight is 127 g/mol. The van der Waals surface area contributed by atoms with Gasteiger partial charge in [-0.25, -0.2) is 0 Å². The number of carbonyl (C=O) groups is 1. The Morgan fingerprint density at radius 1 is 1.67 bits per heavy atom. The molecular weight excluding hydrogens is 114 g/mol. The SMILES string of the molecule is CCC1(NC=O)CCC1. The molecule has 1 aliphatic rings. The van der Waals surface area contributed by atoms with Crippen LogP contribution in [-0.4, -0.2) is 11.9 Å². The van der Waals surface area contributed by atoms with Gasteiger partial charge in [0.2, 0.25) is 6.41 Å². The molecule has 0 heterocycles. The van der Waals surface area contributed by atoms with Gasteiger partial charge >= 0.3 is 0 Å². The van der Waals surface area contributed by atoms with Crippen LogP contribution in [0.2, 0.25) is 0 Å². The Hall–Kier alpha value is -0.530. The van der Waals surface area contributed by atoms with Gasteiger partial charge in [0.25, 0.3) is 0 Å². The van der Waals surface area contributed by atoms with Crippen molar-refractivity contribution in [3.8, 4) is 0 Å². The van der Waals surface area contributed by atoms with Crippen LogP contribution in [0.4, 0.5) is 0 Å². The summed E-state index contributed by atoms with van der Waals surface area (Å²) in [6, 6.07) is 0.